The lowest BCUT2D eigenvalue weighted by molar-refractivity contribution is -0.137. The quantitative estimate of drug-likeness (QED) is 0.825. The van der Waals surface area contributed by atoms with Crippen LogP contribution in [-0.4, -0.2) is 41.4 Å². The van der Waals surface area contributed by atoms with Gasteiger partial charge in [0.2, 0.25) is 5.91 Å². The smallest absolute Gasteiger partial charge is 0.243 e. The Morgan fingerprint density at radius 3 is 2.85 bits per heavy atom. The number of amides is 1. The van der Waals surface area contributed by atoms with Gasteiger partial charge >= 0.3 is 0 Å². The van der Waals surface area contributed by atoms with Crippen LogP contribution in [0, 0.1) is 5.92 Å². The van der Waals surface area contributed by atoms with Crippen LogP contribution in [0.15, 0.2) is 41.8 Å². The average molecular weight is 369 g/mol. The summed E-state index contributed by atoms with van der Waals surface area (Å²) in [5.74, 6) is 1.68. The van der Waals surface area contributed by atoms with Gasteiger partial charge in [0.05, 0.1) is 7.11 Å². The Bertz CT molecular complexity index is 804. The number of thiophene rings is 1. The molecule has 3 atom stereocenters. The van der Waals surface area contributed by atoms with Crippen LogP contribution in [-0.2, 0) is 11.3 Å². The summed E-state index contributed by atoms with van der Waals surface area (Å²) in [6, 6.07) is 12.9. The number of nitrogens with zero attached hydrogens (tertiary/aromatic N) is 2. The highest BCUT2D eigenvalue weighted by molar-refractivity contribution is 7.10. The summed E-state index contributed by atoms with van der Waals surface area (Å²) < 4.78 is 5.24. The molecule has 0 bridgehead atoms. The normalized spacial score (nSPS) is 30.7. The van der Waals surface area contributed by atoms with Crippen molar-refractivity contribution in [3.8, 4) is 5.75 Å². The van der Waals surface area contributed by atoms with E-state index in [1.807, 2.05) is 23.5 Å². The number of hydrogen-bond acceptors (Lipinski definition) is 4. The van der Waals surface area contributed by atoms with Gasteiger partial charge in [0.15, 0.2) is 0 Å². The molecular weight excluding hydrogens is 344 g/mol. The molecule has 3 fully saturated rings. The number of methoxy groups -OCH3 is 1. The Balaban J connectivity index is 1.39. The maximum atomic E-state index is 13.5. The Morgan fingerprint density at radius 1 is 1.27 bits per heavy atom. The lowest BCUT2D eigenvalue weighted by Gasteiger charge is -2.33. The van der Waals surface area contributed by atoms with E-state index in [2.05, 4.69) is 39.4 Å². The number of rotatable bonds is 4. The minimum Gasteiger partial charge on any atom is -0.497 e. The molecule has 0 unspecified atom stereocenters. The van der Waals surface area contributed by atoms with Gasteiger partial charge in [-0.05, 0) is 54.9 Å². The summed E-state index contributed by atoms with van der Waals surface area (Å²) in [6.07, 6.45) is 3.28. The second kappa shape index (κ2) is 6.10. The second-order valence-corrected chi connectivity index (χ2v) is 8.70. The summed E-state index contributed by atoms with van der Waals surface area (Å²) in [4.78, 5) is 19.6. The highest BCUT2D eigenvalue weighted by Gasteiger charge is 2.65. The fourth-order valence-electron chi connectivity index (χ4n) is 5.42. The topological polar surface area (TPSA) is 32.8 Å². The molecule has 1 spiro atoms. The molecule has 1 amide bonds. The van der Waals surface area contributed by atoms with Crippen molar-refractivity contribution in [2.45, 2.75) is 37.4 Å². The van der Waals surface area contributed by atoms with Crippen molar-refractivity contribution in [1.82, 2.24) is 9.80 Å². The van der Waals surface area contributed by atoms with E-state index in [1.165, 1.54) is 10.4 Å². The van der Waals surface area contributed by atoms with E-state index in [9.17, 15) is 4.79 Å². The minimum absolute atomic E-state index is 0.235. The third-order valence-electron chi connectivity index (χ3n) is 6.53. The molecule has 4 heterocycles. The van der Waals surface area contributed by atoms with Gasteiger partial charge in [0.1, 0.15) is 11.3 Å². The Labute approximate surface area is 158 Å². The Morgan fingerprint density at radius 2 is 2.12 bits per heavy atom. The second-order valence-electron chi connectivity index (χ2n) is 7.72. The summed E-state index contributed by atoms with van der Waals surface area (Å²) in [7, 11) is 1.68. The number of likely N-dealkylation sites (tertiary alicyclic amines) is 1. The molecule has 1 aromatic heterocycles. The predicted molar refractivity (Wildman–Crippen MR) is 102 cm³/mol. The SMILES string of the molecule is COc1ccc(CN2C[C@@H]3C[C@@H](c4cccs4)N4CCC[C@@]34C2=O)cc1. The van der Waals surface area contributed by atoms with Gasteiger partial charge in [0, 0.05) is 29.9 Å². The first-order valence-corrected chi connectivity index (χ1v) is 10.3. The number of hydrogen-bond donors (Lipinski definition) is 0. The van der Waals surface area contributed by atoms with Crippen LogP contribution in [0.1, 0.15) is 35.7 Å². The average Bonchev–Trinajstić information content (AvgIpc) is 3.41. The molecule has 5 heteroatoms. The van der Waals surface area contributed by atoms with Crippen molar-refractivity contribution in [3.63, 3.8) is 0 Å². The zero-order valence-electron chi connectivity index (χ0n) is 15.1. The zero-order chi connectivity index (χ0) is 17.7. The fourth-order valence-corrected chi connectivity index (χ4v) is 6.27. The third-order valence-corrected chi connectivity index (χ3v) is 7.50. The third kappa shape index (κ3) is 2.26. The van der Waals surface area contributed by atoms with Crippen LogP contribution in [0.5, 0.6) is 5.75 Å². The van der Waals surface area contributed by atoms with Gasteiger partial charge in [-0.25, -0.2) is 0 Å². The summed E-state index contributed by atoms with van der Waals surface area (Å²) in [5.41, 5.74) is 0.941. The lowest BCUT2D eigenvalue weighted by Crippen LogP contribution is -2.49. The molecule has 5 rings (SSSR count). The molecule has 136 valence electrons. The molecule has 4 nitrogen and oxygen atoms in total. The van der Waals surface area contributed by atoms with Crippen molar-refractivity contribution in [1.29, 1.82) is 0 Å². The molecule has 2 aromatic rings. The summed E-state index contributed by atoms with van der Waals surface area (Å²) >= 11 is 1.83. The standard InChI is InChI=1S/C21H24N2O2S/c1-25-17-7-5-15(6-8-17)13-22-14-16-12-18(19-4-2-11-26-19)23-10-3-9-21(16,23)20(22)24/h2,4-8,11,16,18H,3,9-10,12-14H2,1H3/t16-,18-,21-/m0/s1. The van der Waals surface area contributed by atoms with E-state index in [0.717, 1.165) is 38.1 Å². The predicted octanol–water partition coefficient (Wildman–Crippen LogP) is 3.69. The molecule has 3 saturated heterocycles. The molecule has 26 heavy (non-hydrogen) atoms. The maximum Gasteiger partial charge on any atom is 0.243 e. The van der Waals surface area contributed by atoms with E-state index < -0.39 is 0 Å². The highest BCUT2D eigenvalue weighted by Crippen LogP contribution is 2.56. The summed E-state index contributed by atoms with van der Waals surface area (Å²) in [5, 5.41) is 2.16. The van der Waals surface area contributed by atoms with E-state index >= 15 is 0 Å². The van der Waals surface area contributed by atoms with Crippen molar-refractivity contribution in [2.24, 2.45) is 5.92 Å². The van der Waals surface area contributed by atoms with E-state index in [-0.39, 0.29) is 5.54 Å². The zero-order valence-corrected chi connectivity index (χ0v) is 15.9. The van der Waals surface area contributed by atoms with Crippen molar-refractivity contribution >= 4 is 17.2 Å². The monoisotopic (exact) mass is 368 g/mol. The van der Waals surface area contributed by atoms with Crippen LogP contribution < -0.4 is 4.74 Å². The Kier molecular flexibility index (Phi) is 3.83. The molecule has 0 radical (unpaired) electrons. The molecule has 1 aromatic carbocycles. The first kappa shape index (κ1) is 16.3. The van der Waals surface area contributed by atoms with Crippen molar-refractivity contribution in [2.75, 3.05) is 20.2 Å². The summed E-state index contributed by atoms with van der Waals surface area (Å²) in [6.45, 7) is 2.66. The fraction of sp³-hybridized carbons (Fsp3) is 0.476. The molecule has 3 aliphatic rings. The van der Waals surface area contributed by atoms with Gasteiger partial charge in [-0.1, -0.05) is 18.2 Å². The van der Waals surface area contributed by atoms with E-state index in [1.54, 1.807) is 7.11 Å². The number of ether oxygens (including phenoxy) is 1. The first-order valence-electron chi connectivity index (χ1n) is 9.45. The molecule has 0 saturated carbocycles. The van der Waals surface area contributed by atoms with Gasteiger partial charge in [-0.15, -0.1) is 11.3 Å². The lowest BCUT2D eigenvalue weighted by atomic mass is 9.85. The van der Waals surface area contributed by atoms with Crippen LogP contribution in [0.3, 0.4) is 0 Å². The van der Waals surface area contributed by atoms with Crippen LogP contribution >= 0.6 is 11.3 Å². The van der Waals surface area contributed by atoms with Gasteiger partial charge < -0.3 is 9.64 Å². The van der Waals surface area contributed by atoms with Crippen molar-refractivity contribution < 1.29 is 9.53 Å². The first-order chi connectivity index (χ1) is 12.7. The minimum atomic E-state index is -0.235. The van der Waals surface area contributed by atoms with Gasteiger partial charge in [0.25, 0.3) is 0 Å². The number of carbonyl (C=O) groups excluding carboxylic acids is 1. The maximum absolute atomic E-state index is 13.5. The van der Waals surface area contributed by atoms with Gasteiger partial charge in [-0.3, -0.25) is 9.69 Å². The van der Waals surface area contributed by atoms with Crippen LogP contribution in [0.4, 0.5) is 0 Å². The van der Waals surface area contributed by atoms with Crippen molar-refractivity contribution in [3.05, 3.63) is 52.2 Å². The molecule has 0 N–H and O–H groups in total. The molecule has 3 aliphatic heterocycles. The van der Waals surface area contributed by atoms with Crippen LogP contribution in [0.2, 0.25) is 0 Å². The van der Waals surface area contributed by atoms with Gasteiger partial charge in [-0.2, -0.15) is 0 Å². The highest BCUT2D eigenvalue weighted by atomic mass is 32.1. The number of carbonyl (C=O) groups is 1. The van der Waals surface area contributed by atoms with Crippen LogP contribution in [0.25, 0.3) is 0 Å². The van der Waals surface area contributed by atoms with E-state index in [4.69, 9.17) is 4.74 Å². The molecule has 0 aliphatic carbocycles. The largest absolute Gasteiger partial charge is 0.497 e. The number of benzene rings is 1. The van der Waals surface area contributed by atoms with E-state index in [0.29, 0.717) is 24.4 Å². The Hall–Kier alpha value is -1.85. The molecular formula is C21H24N2O2S.